The van der Waals surface area contributed by atoms with Gasteiger partial charge in [0.1, 0.15) is 5.69 Å². The first-order chi connectivity index (χ1) is 9.52. The van der Waals surface area contributed by atoms with Crippen molar-refractivity contribution >= 4 is 35.0 Å². The molecule has 0 unspecified atom stereocenters. The molecule has 2 aromatic rings. The Balaban J connectivity index is 2.42. The molecular weight excluding hydrogens is 305 g/mol. The average molecular weight is 314 g/mol. The zero-order valence-corrected chi connectivity index (χ0v) is 11.9. The van der Waals surface area contributed by atoms with Crippen molar-refractivity contribution in [3.63, 3.8) is 0 Å². The Hall–Kier alpha value is -1.85. The molecule has 0 aliphatic carbocycles. The number of benzene rings is 1. The molecule has 0 amide bonds. The van der Waals surface area contributed by atoms with Crippen molar-refractivity contribution in [1.29, 1.82) is 0 Å². The fourth-order valence-corrected chi connectivity index (χ4v) is 1.83. The lowest BCUT2D eigenvalue weighted by Gasteiger charge is -2.01. The molecule has 5 nitrogen and oxygen atoms in total. The maximum absolute atomic E-state index is 11.9. The highest BCUT2D eigenvalue weighted by Crippen LogP contribution is 2.27. The van der Waals surface area contributed by atoms with Crippen molar-refractivity contribution in [2.24, 2.45) is 0 Å². The molecule has 0 fully saturated rings. The number of hydrogen-bond acceptors (Lipinski definition) is 5. The molecule has 0 bridgehead atoms. The number of ether oxygens (including phenoxy) is 1. The van der Waals surface area contributed by atoms with E-state index in [0.29, 0.717) is 10.6 Å². The van der Waals surface area contributed by atoms with Crippen LogP contribution in [0.5, 0.6) is 0 Å². The summed E-state index contributed by atoms with van der Waals surface area (Å²) in [7, 11) is 0. The molecule has 1 heterocycles. The summed E-state index contributed by atoms with van der Waals surface area (Å²) in [6.45, 7) is 1.68. The minimum absolute atomic E-state index is 0.0860. The first-order valence-electron chi connectivity index (χ1n) is 5.66. The molecule has 0 N–H and O–H groups in total. The van der Waals surface area contributed by atoms with Crippen LogP contribution in [0.2, 0.25) is 10.4 Å². The molecule has 1 aromatic heterocycles. The van der Waals surface area contributed by atoms with Gasteiger partial charge in [-0.3, -0.25) is 4.79 Å². The fraction of sp³-hybridized carbons (Fsp3) is 0.154. The highest BCUT2D eigenvalue weighted by Gasteiger charge is 2.27. The standard InChI is InChI=1S/C13H9Cl2NO4/c1-2-19-12(18)10(17)11-9(16-13(15)20-11)7-3-5-8(14)6-4-7/h3-6H,2H2,1H3. The summed E-state index contributed by atoms with van der Waals surface area (Å²) in [4.78, 5) is 27.3. The molecule has 2 rings (SSSR count). The second kappa shape index (κ2) is 6.07. The smallest absolute Gasteiger partial charge is 0.383 e. The van der Waals surface area contributed by atoms with Crippen molar-refractivity contribution in [2.75, 3.05) is 6.61 Å². The van der Waals surface area contributed by atoms with Crippen LogP contribution < -0.4 is 0 Å². The molecule has 0 aliphatic heterocycles. The monoisotopic (exact) mass is 313 g/mol. The predicted octanol–water partition coefficient (Wildman–Crippen LogP) is 3.39. The van der Waals surface area contributed by atoms with Crippen molar-refractivity contribution in [3.8, 4) is 11.3 Å². The number of nitrogens with zero attached hydrogens (tertiary/aromatic N) is 1. The van der Waals surface area contributed by atoms with Gasteiger partial charge < -0.3 is 9.15 Å². The van der Waals surface area contributed by atoms with Crippen LogP contribution in [0.4, 0.5) is 0 Å². The Bertz CT molecular complexity index is 649. The van der Waals surface area contributed by atoms with Crippen LogP contribution >= 0.6 is 23.2 Å². The van der Waals surface area contributed by atoms with Gasteiger partial charge in [-0.25, -0.2) is 4.79 Å². The lowest BCUT2D eigenvalue weighted by atomic mass is 10.1. The third kappa shape index (κ3) is 3.00. The number of Topliss-reactive ketones (excluding diaryl/α,β-unsaturated/α-hetero) is 1. The average Bonchev–Trinajstić information content (AvgIpc) is 2.81. The van der Waals surface area contributed by atoms with Crippen LogP contribution in [0.25, 0.3) is 11.3 Å². The van der Waals surface area contributed by atoms with Crippen molar-refractivity contribution in [2.45, 2.75) is 6.92 Å². The van der Waals surface area contributed by atoms with Crippen LogP contribution in [0, 0.1) is 0 Å². The van der Waals surface area contributed by atoms with E-state index >= 15 is 0 Å². The van der Waals surface area contributed by atoms with E-state index in [0.717, 1.165) is 0 Å². The number of esters is 1. The van der Waals surface area contributed by atoms with Gasteiger partial charge in [0.2, 0.25) is 5.76 Å². The van der Waals surface area contributed by atoms with Crippen LogP contribution in [-0.4, -0.2) is 23.3 Å². The fourth-order valence-electron chi connectivity index (χ4n) is 1.54. The molecule has 0 saturated carbocycles. The van der Waals surface area contributed by atoms with E-state index in [2.05, 4.69) is 9.72 Å². The predicted molar refractivity (Wildman–Crippen MR) is 72.9 cm³/mol. The Morgan fingerprint density at radius 2 is 1.90 bits per heavy atom. The van der Waals surface area contributed by atoms with E-state index in [9.17, 15) is 9.59 Å². The minimum Gasteiger partial charge on any atom is -0.460 e. The number of oxazole rings is 1. The van der Waals surface area contributed by atoms with Gasteiger partial charge in [0.25, 0.3) is 5.35 Å². The van der Waals surface area contributed by atoms with Crippen molar-refractivity contribution in [1.82, 2.24) is 4.98 Å². The molecule has 7 heteroatoms. The molecule has 1 aromatic carbocycles. The Labute approximate surface area is 124 Å². The SMILES string of the molecule is CCOC(=O)C(=O)c1oc(Cl)nc1-c1ccc(Cl)cc1. The lowest BCUT2D eigenvalue weighted by Crippen LogP contribution is -2.17. The van der Waals surface area contributed by atoms with E-state index in [1.165, 1.54) is 0 Å². The summed E-state index contributed by atoms with van der Waals surface area (Å²) in [6, 6.07) is 6.52. The summed E-state index contributed by atoms with van der Waals surface area (Å²) in [5.74, 6) is -2.21. The normalized spacial score (nSPS) is 10.3. The van der Waals surface area contributed by atoms with Gasteiger partial charge in [-0.1, -0.05) is 23.7 Å². The number of carbonyl (C=O) groups is 2. The number of hydrogen-bond donors (Lipinski definition) is 0. The highest BCUT2D eigenvalue weighted by molar-refractivity contribution is 6.41. The largest absolute Gasteiger partial charge is 0.460 e. The molecule has 0 saturated heterocycles. The number of rotatable bonds is 4. The van der Waals surface area contributed by atoms with E-state index in [1.807, 2.05) is 0 Å². The maximum Gasteiger partial charge on any atom is 0.383 e. The maximum atomic E-state index is 11.9. The Morgan fingerprint density at radius 1 is 1.25 bits per heavy atom. The van der Waals surface area contributed by atoms with Crippen molar-refractivity contribution in [3.05, 3.63) is 40.4 Å². The van der Waals surface area contributed by atoms with E-state index < -0.39 is 11.8 Å². The number of ketones is 1. The second-order valence-corrected chi connectivity index (χ2v) is 4.46. The van der Waals surface area contributed by atoms with Crippen LogP contribution in [-0.2, 0) is 9.53 Å². The molecule has 0 spiro atoms. The van der Waals surface area contributed by atoms with Gasteiger partial charge in [-0.05, 0) is 30.7 Å². The third-order valence-corrected chi connectivity index (χ3v) is 2.80. The van der Waals surface area contributed by atoms with Crippen LogP contribution in [0.3, 0.4) is 0 Å². The van der Waals surface area contributed by atoms with Crippen LogP contribution in [0.1, 0.15) is 17.5 Å². The summed E-state index contributed by atoms with van der Waals surface area (Å²) in [5.41, 5.74) is 0.724. The lowest BCUT2D eigenvalue weighted by molar-refractivity contribution is -0.137. The van der Waals surface area contributed by atoms with Gasteiger partial charge in [0.05, 0.1) is 6.61 Å². The quantitative estimate of drug-likeness (QED) is 0.491. The summed E-state index contributed by atoms with van der Waals surface area (Å²) in [6.07, 6.45) is 0. The minimum atomic E-state index is -1.02. The summed E-state index contributed by atoms with van der Waals surface area (Å²) in [5, 5.41) is 0.296. The summed E-state index contributed by atoms with van der Waals surface area (Å²) >= 11 is 11.5. The van der Waals surface area contributed by atoms with E-state index in [4.69, 9.17) is 27.6 Å². The van der Waals surface area contributed by atoms with Gasteiger partial charge in [-0.2, -0.15) is 4.98 Å². The first-order valence-corrected chi connectivity index (χ1v) is 6.42. The first kappa shape index (κ1) is 14.6. The Kier molecular flexibility index (Phi) is 4.42. The van der Waals surface area contributed by atoms with E-state index in [-0.39, 0.29) is 23.4 Å². The van der Waals surface area contributed by atoms with Crippen LogP contribution in [0.15, 0.2) is 28.7 Å². The highest BCUT2D eigenvalue weighted by atomic mass is 35.5. The molecule has 0 aliphatic rings. The Morgan fingerprint density at radius 3 is 2.50 bits per heavy atom. The topological polar surface area (TPSA) is 69.4 Å². The molecular formula is C13H9Cl2NO4. The van der Waals surface area contributed by atoms with Gasteiger partial charge in [0.15, 0.2) is 0 Å². The molecule has 0 radical (unpaired) electrons. The second-order valence-electron chi connectivity index (χ2n) is 3.70. The molecule has 104 valence electrons. The van der Waals surface area contributed by atoms with Crippen molar-refractivity contribution < 1.29 is 18.7 Å². The van der Waals surface area contributed by atoms with Gasteiger partial charge in [-0.15, -0.1) is 0 Å². The number of halogens is 2. The van der Waals surface area contributed by atoms with Gasteiger partial charge >= 0.3 is 11.8 Å². The number of aromatic nitrogens is 1. The zero-order chi connectivity index (χ0) is 14.7. The summed E-state index contributed by atoms with van der Waals surface area (Å²) < 4.78 is 9.64. The molecule has 20 heavy (non-hydrogen) atoms. The van der Waals surface area contributed by atoms with Gasteiger partial charge in [0, 0.05) is 10.6 Å². The number of carbonyl (C=O) groups excluding carboxylic acids is 2. The zero-order valence-electron chi connectivity index (χ0n) is 10.4. The van der Waals surface area contributed by atoms with E-state index in [1.54, 1.807) is 31.2 Å². The third-order valence-electron chi connectivity index (χ3n) is 2.39. The molecule has 0 atom stereocenters.